The molecule has 3 aromatic rings. The lowest BCUT2D eigenvalue weighted by Crippen LogP contribution is -2.33. The lowest BCUT2D eigenvalue weighted by molar-refractivity contribution is 0.0826. The van der Waals surface area contributed by atoms with Gasteiger partial charge in [0.15, 0.2) is 6.29 Å². The van der Waals surface area contributed by atoms with Crippen LogP contribution >= 0.6 is 0 Å². The zero-order valence-electron chi connectivity index (χ0n) is 16.5. The number of benzene rings is 3. The van der Waals surface area contributed by atoms with E-state index >= 15 is 0 Å². The van der Waals surface area contributed by atoms with Gasteiger partial charge in [0.2, 0.25) is 0 Å². The number of aliphatic hydroxyl groups excluding tert-OH is 1. The first-order chi connectivity index (χ1) is 14.1. The second kappa shape index (κ2) is 6.85. The fraction of sp³-hybridized carbons (Fsp3) is 0.269. The number of hydrogen-bond donors (Lipinski definition) is 1. The van der Waals surface area contributed by atoms with Gasteiger partial charge in [0, 0.05) is 11.0 Å². The Morgan fingerprint density at radius 1 is 1.17 bits per heavy atom. The third kappa shape index (κ3) is 2.89. The SMILES string of the molecule is C[C@]12CCc3c(c(C=O)cc4cc(OCc5ccccc5)ccc34)C1=CC[C@@H]2O. The molecule has 29 heavy (non-hydrogen) atoms. The number of hydrogen-bond acceptors (Lipinski definition) is 3. The van der Waals surface area contributed by atoms with Crippen molar-refractivity contribution < 1.29 is 14.6 Å². The highest BCUT2D eigenvalue weighted by Gasteiger charge is 2.44. The van der Waals surface area contributed by atoms with Gasteiger partial charge in [-0.05, 0) is 70.5 Å². The van der Waals surface area contributed by atoms with Crippen molar-refractivity contribution in [2.24, 2.45) is 5.41 Å². The Labute approximate surface area is 170 Å². The molecule has 0 aromatic heterocycles. The molecule has 0 heterocycles. The van der Waals surface area contributed by atoms with Crippen molar-refractivity contribution in [1.82, 2.24) is 0 Å². The zero-order chi connectivity index (χ0) is 20.0. The molecule has 1 N–H and O–H groups in total. The fourth-order valence-electron chi connectivity index (χ4n) is 4.96. The lowest BCUT2D eigenvalue weighted by atomic mass is 9.67. The summed E-state index contributed by atoms with van der Waals surface area (Å²) in [5.74, 6) is 0.800. The Kier molecular flexibility index (Phi) is 4.29. The van der Waals surface area contributed by atoms with E-state index < -0.39 is 0 Å². The number of aliphatic hydroxyl groups is 1. The van der Waals surface area contributed by atoms with Gasteiger partial charge in [-0.1, -0.05) is 49.4 Å². The number of aryl methyl sites for hydroxylation is 1. The molecule has 2 aliphatic rings. The minimum atomic E-state index is -0.366. The van der Waals surface area contributed by atoms with E-state index in [9.17, 15) is 9.90 Å². The van der Waals surface area contributed by atoms with Gasteiger partial charge in [-0.15, -0.1) is 0 Å². The van der Waals surface area contributed by atoms with Crippen molar-refractivity contribution in [2.45, 2.75) is 38.9 Å². The summed E-state index contributed by atoms with van der Waals surface area (Å²) in [7, 11) is 0. The van der Waals surface area contributed by atoms with E-state index in [0.717, 1.165) is 47.0 Å². The van der Waals surface area contributed by atoms with E-state index in [2.05, 4.69) is 19.1 Å². The molecule has 0 aliphatic heterocycles. The Morgan fingerprint density at radius 2 is 2.00 bits per heavy atom. The summed E-state index contributed by atoms with van der Waals surface area (Å²) in [4.78, 5) is 12.0. The summed E-state index contributed by atoms with van der Waals surface area (Å²) in [6, 6.07) is 18.2. The van der Waals surface area contributed by atoms with Gasteiger partial charge in [0.25, 0.3) is 0 Å². The molecule has 2 atom stereocenters. The van der Waals surface area contributed by atoms with Crippen LogP contribution in [0.5, 0.6) is 5.75 Å². The molecule has 2 aliphatic carbocycles. The average Bonchev–Trinajstić information content (AvgIpc) is 3.06. The minimum Gasteiger partial charge on any atom is -0.489 e. The third-order valence-corrected chi connectivity index (χ3v) is 6.68. The Balaban J connectivity index is 1.56. The number of rotatable bonds is 4. The molecule has 5 rings (SSSR count). The molecule has 0 unspecified atom stereocenters. The van der Waals surface area contributed by atoms with Crippen LogP contribution in [0.2, 0.25) is 0 Å². The second-order valence-electron chi connectivity index (χ2n) is 8.38. The van der Waals surface area contributed by atoms with Gasteiger partial charge in [0.05, 0.1) is 6.10 Å². The lowest BCUT2D eigenvalue weighted by Gasteiger charge is -2.38. The summed E-state index contributed by atoms with van der Waals surface area (Å²) in [6.45, 7) is 2.64. The summed E-state index contributed by atoms with van der Waals surface area (Å²) in [5, 5.41) is 12.7. The number of aldehydes is 1. The van der Waals surface area contributed by atoms with Gasteiger partial charge >= 0.3 is 0 Å². The fourth-order valence-corrected chi connectivity index (χ4v) is 4.96. The van der Waals surface area contributed by atoms with Crippen molar-refractivity contribution >= 4 is 22.6 Å². The highest BCUT2D eigenvalue weighted by molar-refractivity contribution is 6.00. The minimum absolute atomic E-state index is 0.253. The summed E-state index contributed by atoms with van der Waals surface area (Å²) in [6.07, 6.45) is 5.13. The van der Waals surface area contributed by atoms with Gasteiger partial charge < -0.3 is 9.84 Å². The largest absolute Gasteiger partial charge is 0.489 e. The Bertz CT molecular complexity index is 1130. The highest BCUT2D eigenvalue weighted by Crippen LogP contribution is 2.53. The van der Waals surface area contributed by atoms with Crippen LogP contribution in [0.4, 0.5) is 0 Å². The predicted octanol–water partition coefficient (Wildman–Crippen LogP) is 5.33. The number of fused-ring (bicyclic) bond motifs is 5. The van der Waals surface area contributed by atoms with E-state index in [1.165, 1.54) is 10.9 Å². The first-order valence-corrected chi connectivity index (χ1v) is 10.2. The van der Waals surface area contributed by atoms with Crippen LogP contribution in [0.1, 0.15) is 46.8 Å². The van der Waals surface area contributed by atoms with Crippen molar-refractivity contribution in [3.05, 3.63) is 82.9 Å². The predicted molar refractivity (Wildman–Crippen MR) is 115 cm³/mol. The maximum Gasteiger partial charge on any atom is 0.150 e. The summed E-state index contributed by atoms with van der Waals surface area (Å²) < 4.78 is 5.98. The van der Waals surface area contributed by atoms with Crippen molar-refractivity contribution in [3.8, 4) is 5.75 Å². The van der Waals surface area contributed by atoms with Crippen LogP contribution in [0.3, 0.4) is 0 Å². The molecular weight excluding hydrogens is 360 g/mol. The van der Waals surface area contributed by atoms with Crippen LogP contribution in [0, 0.1) is 5.41 Å². The van der Waals surface area contributed by atoms with Crippen LogP contribution in [-0.2, 0) is 13.0 Å². The molecule has 0 fully saturated rings. The zero-order valence-corrected chi connectivity index (χ0v) is 16.5. The maximum absolute atomic E-state index is 12.0. The topological polar surface area (TPSA) is 46.5 Å². The normalized spacial score (nSPS) is 22.7. The smallest absolute Gasteiger partial charge is 0.150 e. The standard InChI is InChI=1S/C26H24O3/c1-26-12-11-22-21-8-7-20(29-16-17-5-3-2-4-6-17)14-18(21)13-19(15-27)25(22)23(26)9-10-24(26)28/h2-9,13-15,24,28H,10-12,16H2,1H3/t24-,26-/m0/s1. The van der Waals surface area contributed by atoms with E-state index in [0.29, 0.717) is 18.6 Å². The van der Waals surface area contributed by atoms with E-state index in [-0.39, 0.29) is 11.5 Å². The first-order valence-electron chi connectivity index (χ1n) is 10.2. The summed E-state index contributed by atoms with van der Waals surface area (Å²) in [5.41, 5.74) is 4.97. The number of ether oxygens (including phenoxy) is 1. The molecule has 0 spiro atoms. The molecule has 3 heteroatoms. The molecule has 0 saturated carbocycles. The quantitative estimate of drug-likeness (QED) is 0.618. The van der Waals surface area contributed by atoms with E-state index in [1.54, 1.807) is 0 Å². The second-order valence-corrected chi connectivity index (χ2v) is 8.38. The molecule has 0 amide bonds. The number of carbonyl (C=O) groups is 1. The Morgan fingerprint density at radius 3 is 2.79 bits per heavy atom. The van der Waals surface area contributed by atoms with Crippen molar-refractivity contribution in [3.63, 3.8) is 0 Å². The average molecular weight is 384 g/mol. The monoisotopic (exact) mass is 384 g/mol. The van der Waals surface area contributed by atoms with Gasteiger partial charge in [-0.25, -0.2) is 0 Å². The first kappa shape index (κ1) is 18.1. The van der Waals surface area contributed by atoms with Gasteiger partial charge in [0.1, 0.15) is 12.4 Å². The van der Waals surface area contributed by atoms with E-state index in [4.69, 9.17) is 4.74 Å². The molecule has 3 aromatic carbocycles. The van der Waals surface area contributed by atoms with Crippen molar-refractivity contribution in [2.75, 3.05) is 0 Å². The van der Waals surface area contributed by atoms with Crippen LogP contribution < -0.4 is 4.74 Å². The van der Waals surface area contributed by atoms with Crippen LogP contribution in [-0.4, -0.2) is 17.5 Å². The van der Waals surface area contributed by atoms with Gasteiger partial charge in [-0.3, -0.25) is 4.79 Å². The highest BCUT2D eigenvalue weighted by atomic mass is 16.5. The molecule has 0 saturated heterocycles. The van der Waals surface area contributed by atoms with Crippen LogP contribution in [0.25, 0.3) is 16.3 Å². The number of carbonyl (C=O) groups excluding carboxylic acids is 1. The van der Waals surface area contributed by atoms with E-state index in [1.807, 2.05) is 48.5 Å². The summed E-state index contributed by atoms with van der Waals surface area (Å²) >= 11 is 0. The third-order valence-electron chi connectivity index (χ3n) is 6.68. The van der Waals surface area contributed by atoms with Gasteiger partial charge in [-0.2, -0.15) is 0 Å². The molecule has 0 radical (unpaired) electrons. The maximum atomic E-state index is 12.0. The molecular formula is C26H24O3. The Hall–Kier alpha value is -2.91. The van der Waals surface area contributed by atoms with Crippen molar-refractivity contribution in [1.29, 1.82) is 0 Å². The van der Waals surface area contributed by atoms with Crippen LogP contribution in [0.15, 0.2) is 60.7 Å². The molecule has 0 bridgehead atoms. The molecule has 146 valence electrons. The molecule has 3 nitrogen and oxygen atoms in total.